The number of benzene rings is 1. The summed E-state index contributed by atoms with van der Waals surface area (Å²) in [6.45, 7) is 4.16. The van der Waals surface area contributed by atoms with Crippen LogP contribution in [-0.4, -0.2) is 36.9 Å². The first kappa shape index (κ1) is 14.2. The van der Waals surface area contributed by atoms with Crippen molar-refractivity contribution in [2.45, 2.75) is 25.9 Å². The number of anilines is 1. The second-order valence-corrected chi connectivity index (χ2v) is 5.02. The number of ether oxygens (including phenoxy) is 1. The van der Waals surface area contributed by atoms with Crippen molar-refractivity contribution >= 4 is 23.3 Å². The number of halogens is 1. The van der Waals surface area contributed by atoms with Crippen molar-refractivity contribution < 1.29 is 14.6 Å². The van der Waals surface area contributed by atoms with E-state index in [2.05, 4.69) is 0 Å². The van der Waals surface area contributed by atoms with Gasteiger partial charge in [-0.05, 0) is 31.9 Å². The van der Waals surface area contributed by atoms with E-state index >= 15 is 0 Å². The molecule has 0 radical (unpaired) electrons. The van der Waals surface area contributed by atoms with Gasteiger partial charge in [0.2, 0.25) is 0 Å². The number of hydrogen-bond acceptors (Lipinski definition) is 3. The van der Waals surface area contributed by atoms with Crippen LogP contribution in [0.4, 0.5) is 5.69 Å². The summed E-state index contributed by atoms with van der Waals surface area (Å²) in [4.78, 5) is 13.3. The lowest BCUT2D eigenvalue weighted by Gasteiger charge is -2.28. The summed E-state index contributed by atoms with van der Waals surface area (Å²) in [5, 5.41) is 9.75. The van der Waals surface area contributed by atoms with E-state index in [4.69, 9.17) is 16.3 Å². The van der Waals surface area contributed by atoms with Gasteiger partial charge in [0, 0.05) is 19.7 Å². The van der Waals surface area contributed by atoms with Crippen LogP contribution in [0.15, 0.2) is 18.2 Å². The first-order chi connectivity index (χ1) is 9.13. The molecule has 5 heteroatoms. The number of rotatable bonds is 5. The average molecular weight is 284 g/mol. The maximum atomic E-state index is 11.3. The minimum absolute atomic E-state index is 0.165. The number of aromatic carboxylic acids is 1. The minimum atomic E-state index is -0.955. The fourth-order valence-corrected chi connectivity index (χ4v) is 2.72. The second kappa shape index (κ2) is 6.26. The van der Waals surface area contributed by atoms with E-state index in [1.807, 2.05) is 11.8 Å². The third-order valence-electron chi connectivity index (χ3n) is 3.36. The highest BCUT2D eigenvalue weighted by Gasteiger charge is 2.23. The predicted octanol–water partition coefficient (Wildman–Crippen LogP) is 3.04. The molecule has 104 valence electrons. The Labute approximate surface area is 117 Å². The molecule has 19 heavy (non-hydrogen) atoms. The lowest BCUT2D eigenvalue weighted by atomic mass is 10.1. The SMILES string of the molecule is CCN(CC1CCCO1)c1c(Cl)cccc1C(=O)O. The molecule has 0 aliphatic carbocycles. The molecule has 1 aromatic rings. The normalized spacial score (nSPS) is 18.5. The number of likely N-dealkylation sites (N-methyl/N-ethyl adjacent to an activating group) is 1. The Bertz CT molecular complexity index is 458. The molecule has 0 aromatic heterocycles. The van der Waals surface area contributed by atoms with Gasteiger partial charge in [-0.25, -0.2) is 4.79 Å². The van der Waals surface area contributed by atoms with Crippen molar-refractivity contribution in [3.05, 3.63) is 28.8 Å². The molecule has 1 heterocycles. The van der Waals surface area contributed by atoms with E-state index in [9.17, 15) is 9.90 Å². The van der Waals surface area contributed by atoms with E-state index in [-0.39, 0.29) is 11.7 Å². The van der Waals surface area contributed by atoms with Crippen molar-refractivity contribution in [3.8, 4) is 0 Å². The number of carbonyl (C=O) groups is 1. The molecule has 2 rings (SSSR count). The summed E-state index contributed by atoms with van der Waals surface area (Å²) in [5.41, 5.74) is 0.835. The van der Waals surface area contributed by atoms with Crippen LogP contribution in [0.2, 0.25) is 5.02 Å². The molecule has 0 spiro atoms. The van der Waals surface area contributed by atoms with Gasteiger partial charge in [0.1, 0.15) is 0 Å². The van der Waals surface area contributed by atoms with Gasteiger partial charge in [-0.1, -0.05) is 17.7 Å². The molecule has 1 saturated heterocycles. The van der Waals surface area contributed by atoms with Crippen molar-refractivity contribution in [3.63, 3.8) is 0 Å². The van der Waals surface area contributed by atoms with Crippen molar-refractivity contribution in [1.29, 1.82) is 0 Å². The van der Waals surface area contributed by atoms with E-state index in [0.29, 0.717) is 23.8 Å². The monoisotopic (exact) mass is 283 g/mol. The van der Waals surface area contributed by atoms with Crippen LogP contribution in [0.3, 0.4) is 0 Å². The van der Waals surface area contributed by atoms with E-state index in [1.165, 1.54) is 0 Å². The quantitative estimate of drug-likeness (QED) is 0.902. The summed E-state index contributed by atoms with van der Waals surface area (Å²) in [6.07, 6.45) is 2.25. The van der Waals surface area contributed by atoms with Crippen LogP contribution < -0.4 is 4.90 Å². The summed E-state index contributed by atoms with van der Waals surface area (Å²) in [5.74, 6) is -0.955. The molecule has 0 amide bonds. The van der Waals surface area contributed by atoms with E-state index in [0.717, 1.165) is 19.4 Å². The summed E-state index contributed by atoms with van der Waals surface area (Å²) in [6, 6.07) is 4.97. The molecule has 1 fully saturated rings. The smallest absolute Gasteiger partial charge is 0.337 e. The maximum absolute atomic E-state index is 11.3. The van der Waals surface area contributed by atoms with Gasteiger partial charge >= 0.3 is 5.97 Å². The molecule has 1 aliphatic heterocycles. The van der Waals surface area contributed by atoms with Crippen molar-refractivity contribution in [2.24, 2.45) is 0 Å². The first-order valence-corrected chi connectivity index (χ1v) is 6.89. The number of para-hydroxylation sites is 1. The largest absolute Gasteiger partial charge is 0.478 e. The van der Waals surface area contributed by atoms with Crippen molar-refractivity contribution in [1.82, 2.24) is 0 Å². The second-order valence-electron chi connectivity index (χ2n) is 4.61. The van der Waals surface area contributed by atoms with Gasteiger partial charge in [0.05, 0.1) is 22.4 Å². The Morgan fingerprint density at radius 2 is 2.37 bits per heavy atom. The van der Waals surface area contributed by atoms with Gasteiger partial charge in [-0.15, -0.1) is 0 Å². The highest BCUT2D eigenvalue weighted by atomic mass is 35.5. The molecular weight excluding hydrogens is 266 g/mol. The van der Waals surface area contributed by atoms with Crippen molar-refractivity contribution in [2.75, 3.05) is 24.6 Å². The highest BCUT2D eigenvalue weighted by Crippen LogP contribution is 2.31. The zero-order valence-corrected chi connectivity index (χ0v) is 11.7. The Morgan fingerprint density at radius 1 is 1.58 bits per heavy atom. The number of hydrogen-bond donors (Lipinski definition) is 1. The Balaban J connectivity index is 2.28. The minimum Gasteiger partial charge on any atom is -0.478 e. The molecule has 1 N–H and O–H groups in total. The highest BCUT2D eigenvalue weighted by molar-refractivity contribution is 6.34. The Morgan fingerprint density at radius 3 is 2.95 bits per heavy atom. The third-order valence-corrected chi connectivity index (χ3v) is 3.67. The Hall–Kier alpha value is -1.26. The van der Waals surface area contributed by atoms with Crippen LogP contribution in [0, 0.1) is 0 Å². The zero-order chi connectivity index (χ0) is 13.8. The molecule has 0 saturated carbocycles. The number of carboxylic acid groups (broad SMARTS) is 1. The number of carboxylic acids is 1. The van der Waals surface area contributed by atoms with E-state index in [1.54, 1.807) is 18.2 Å². The van der Waals surface area contributed by atoms with Crippen LogP contribution in [0.25, 0.3) is 0 Å². The fourth-order valence-electron chi connectivity index (χ4n) is 2.42. The average Bonchev–Trinajstić information content (AvgIpc) is 2.89. The van der Waals surface area contributed by atoms with Gasteiger partial charge in [0.25, 0.3) is 0 Å². The predicted molar refractivity (Wildman–Crippen MR) is 75.3 cm³/mol. The van der Waals surface area contributed by atoms with Crippen LogP contribution in [0.1, 0.15) is 30.1 Å². The van der Waals surface area contributed by atoms with Gasteiger partial charge in [0.15, 0.2) is 0 Å². The van der Waals surface area contributed by atoms with Gasteiger partial charge < -0.3 is 14.7 Å². The molecular formula is C14H18ClNO3. The zero-order valence-electron chi connectivity index (χ0n) is 10.9. The first-order valence-electron chi connectivity index (χ1n) is 6.51. The molecule has 1 aromatic carbocycles. The number of nitrogens with zero attached hydrogens (tertiary/aromatic N) is 1. The Kier molecular flexibility index (Phi) is 4.66. The van der Waals surface area contributed by atoms with Crippen LogP contribution in [-0.2, 0) is 4.74 Å². The standard InChI is InChI=1S/C14H18ClNO3/c1-2-16(9-10-5-4-8-19-10)13-11(14(17)18)6-3-7-12(13)15/h3,6-7,10H,2,4-5,8-9H2,1H3,(H,17,18). The fraction of sp³-hybridized carbons (Fsp3) is 0.500. The summed E-state index contributed by atoms with van der Waals surface area (Å²) >= 11 is 6.19. The molecule has 0 bridgehead atoms. The van der Waals surface area contributed by atoms with Crippen LogP contribution in [0.5, 0.6) is 0 Å². The van der Waals surface area contributed by atoms with E-state index < -0.39 is 5.97 Å². The third kappa shape index (κ3) is 3.19. The van der Waals surface area contributed by atoms with Gasteiger partial charge in [-0.3, -0.25) is 0 Å². The lowest BCUT2D eigenvalue weighted by molar-refractivity contribution is 0.0697. The summed E-state index contributed by atoms with van der Waals surface area (Å²) in [7, 11) is 0. The maximum Gasteiger partial charge on any atom is 0.337 e. The molecule has 1 unspecified atom stereocenters. The molecule has 1 aliphatic rings. The van der Waals surface area contributed by atoms with Gasteiger partial charge in [-0.2, -0.15) is 0 Å². The molecule has 1 atom stereocenters. The summed E-state index contributed by atoms with van der Waals surface area (Å²) < 4.78 is 5.61. The molecule has 4 nitrogen and oxygen atoms in total. The van der Waals surface area contributed by atoms with Crippen LogP contribution >= 0.6 is 11.6 Å². The lowest BCUT2D eigenvalue weighted by Crippen LogP contribution is -2.33. The topological polar surface area (TPSA) is 49.8 Å².